The second kappa shape index (κ2) is 7.62. The monoisotopic (exact) mass is 366 g/mol. The molecule has 0 spiro atoms. The van der Waals surface area contributed by atoms with Crippen molar-refractivity contribution < 1.29 is 8.42 Å². The summed E-state index contributed by atoms with van der Waals surface area (Å²) in [5.74, 6) is 0. The molecule has 0 unspecified atom stereocenters. The first-order valence-electron chi connectivity index (χ1n) is 8.42. The molecule has 0 saturated carbocycles. The average molecular weight is 366 g/mol. The van der Waals surface area contributed by atoms with Crippen molar-refractivity contribution in [3.05, 3.63) is 89.5 Å². The maximum Gasteiger partial charge on any atom is 0.262 e. The highest BCUT2D eigenvalue weighted by molar-refractivity contribution is 7.92. The summed E-state index contributed by atoms with van der Waals surface area (Å²) < 4.78 is 27.9. The Labute approximate surface area is 155 Å². The van der Waals surface area contributed by atoms with Gasteiger partial charge in [0.05, 0.1) is 4.90 Å². The van der Waals surface area contributed by atoms with E-state index in [1.165, 1.54) is 5.56 Å². The number of rotatable bonds is 6. The quantitative estimate of drug-likeness (QED) is 0.664. The zero-order valence-electron chi connectivity index (χ0n) is 14.9. The molecule has 0 aromatic heterocycles. The molecule has 134 valence electrons. The van der Waals surface area contributed by atoms with Crippen molar-refractivity contribution in [3.63, 3.8) is 0 Å². The molecular formula is C21H22N2O2S. The van der Waals surface area contributed by atoms with E-state index in [2.05, 4.69) is 22.2 Å². The van der Waals surface area contributed by atoms with Crippen molar-refractivity contribution in [1.82, 2.24) is 0 Å². The van der Waals surface area contributed by atoms with Crippen LogP contribution < -0.4 is 10.0 Å². The third-order valence-electron chi connectivity index (χ3n) is 4.11. The van der Waals surface area contributed by atoms with Crippen LogP contribution >= 0.6 is 0 Å². The summed E-state index contributed by atoms with van der Waals surface area (Å²) in [6, 6.07) is 22.8. The standard InChI is InChI=1S/C21H22N2O2S/c1-16-8-9-17(2)21(14-16)26(24,25)23-20-12-10-19(11-13-20)22-15-18-6-4-3-5-7-18/h3-14,22-23H,15H2,1-2H3. The van der Waals surface area contributed by atoms with Crippen molar-refractivity contribution >= 4 is 21.4 Å². The molecule has 0 amide bonds. The minimum absolute atomic E-state index is 0.309. The summed E-state index contributed by atoms with van der Waals surface area (Å²) in [6.45, 7) is 4.39. The Morgan fingerprint density at radius 3 is 2.15 bits per heavy atom. The summed E-state index contributed by atoms with van der Waals surface area (Å²) >= 11 is 0. The highest BCUT2D eigenvalue weighted by atomic mass is 32.2. The molecule has 0 saturated heterocycles. The van der Waals surface area contributed by atoms with Gasteiger partial charge in [-0.05, 0) is 60.9 Å². The Balaban J connectivity index is 1.69. The van der Waals surface area contributed by atoms with Crippen molar-refractivity contribution in [2.24, 2.45) is 0 Å². The molecule has 0 atom stereocenters. The smallest absolute Gasteiger partial charge is 0.262 e. The minimum atomic E-state index is -3.61. The van der Waals surface area contributed by atoms with Gasteiger partial charge >= 0.3 is 0 Å². The lowest BCUT2D eigenvalue weighted by Gasteiger charge is -2.12. The molecule has 3 aromatic rings. The van der Waals surface area contributed by atoms with E-state index < -0.39 is 10.0 Å². The predicted octanol–water partition coefficient (Wildman–Crippen LogP) is 4.72. The minimum Gasteiger partial charge on any atom is -0.381 e. The zero-order valence-corrected chi connectivity index (χ0v) is 15.7. The number of sulfonamides is 1. The summed E-state index contributed by atoms with van der Waals surface area (Å²) in [7, 11) is -3.61. The van der Waals surface area contributed by atoms with Gasteiger partial charge in [0.25, 0.3) is 10.0 Å². The molecule has 0 aliphatic rings. The van der Waals surface area contributed by atoms with Crippen LogP contribution in [0.25, 0.3) is 0 Å². The second-order valence-corrected chi connectivity index (χ2v) is 7.94. The van der Waals surface area contributed by atoms with Gasteiger partial charge < -0.3 is 5.32 Å². The van der Waals surface area contributed by atoms with E-state index in [9.17, 15) is 8.42 Å². The molecule has 3 aromatic carbocycles. The fraction of sp³-hybridized carbons (Fsp3) is 0.143. The van der Waals surface area contributed by atoms with Gasteiger partial charge in [-0.25, -0.2) is 8.42 Å². The van der Waals surface area contributed by atoms with Crippen LogP contribution in [0.2, 0.25) is 0 Å². The zero-order chi connectivity index (χ0) is 18.6. The lowest BCUT2D eigenvalue weighted by molar-refractivity contribution is 0.600. The summed E-state index contributed by atoms with van der Waals surface area (Å²) in [5, 5.41) is 3.32. The van der Waals surface area contributed by atoms with Crippen molar-refractivity contribution in [2.45, 2.75) is 25.3 Å². The third kappa shape index (κ3) is 4.43. The van der Waals surface area contributed by atoms with E-state index in [0.717, 1.165) is 16.8 Å². The van der Waals surface area contributed by atoms with Crippen LogP contribution in [-0.4, -0.2) is 8.42 Å². The molecule has 3 rings (SSSR count). The first-order valence-corrected chi connectivity index (χ1v) is 9.90. The Morgan fingerprint density at radius 1 is 0.808 bits per heavy atom. The van der Waals surface area contributed by atoms with Crippen LogP contribution in [0.1, 0.15) is 16.7 Å². The number of anilines is 2. The van der Waals surface area contributed by atoms with Gasteiger partial charge in [-0.2, -0.15) is 0 Å². The lowest BCUT2D eigenvalue weighted by atomic mass is 10.2. The number of hydrogen-bond donors (Lipinski definition) is 2. The Kier molecular flexibility index (Phi) is 5.28. The van der Waals surface area contributed by atoms with Gasteiger partial charge in [-0.15, -0.1) is 0 Å². The molecule has 0 radical (unpaired) electrons. The number of benzene rings is 3. The molecule has 0 fully saturated rings. The van der Waals surface area contributed by atoms with Gasteiger partial charge in [0.15, 0.2) is 0 Å². The van der Waals surface area contributed by atoms with E-state index in [0.29, 0.717) is 17.1 Å². The lowest BCUT2D eigenvalue weighted by Crippen LogP contribution is -2.14. The van der Waals surface area contributed by atoms with Crippen LogP contribution in [0.4, 0.5) is 11.4 Å². The van der Waals surface area contributed by atoms with Gasteiger partial charge in [-0.3, -0.25) is 4.72 Å². The van der Waals surface area contributed by atoms with Crippen LogP contribution in [0.5, 0.6) is 0 Å². The van der Waals surface area contributed by atoms with Crippen molar-refractivity contribution in [1.29, 1.82) is 0 Å². The fourth-order valence-electron chi connectivity index (χ4n) is 2.66. The van der Waals surface area contributed by atoms with E-state index in [1.54, 1.807) is 25.1 Å². The third-order valence-corrected chi connectivity index (χ3v) is 5.63. The SMILES string of the molecule is Cc1ccc(C)c(S(=O)(=O)Nc2ccc(NCc3ccccc3)cc2)c1. The van der Waals surface area contributed by atoms with Gasteiger partial charge in [-0.1, -0.05) is 42.5 Å². The Hall–Kier alpha value is -2.79. The maximum atomic E-state index is 12.6. The molecule has 26 heavy (non-hydrogen) atoms. The number of aryl methyl sites for hydroxylation is 2. The van der Waals surface area contributed by atoms with Gasteiger partial charge in [0.2, 0.25) is 0 Å². The van der Waals surface area contributed by atoms with E-state index >= 15 is 0 Å². The summed E-state index contributed by atoms with van der Waals surface area (Å²) in [5.41, 5.74) is 4.30. The Bertz CT molecular complexity index is 982. The van der Waals surface area contributed by atoms with E-state index in [-0.39, 0.29) is 0 Å². The normalized spacial score (nSPS) is 11.2. The van der Waals surface area contributed by atoms with Crippen LogP contribution in [-0.2, 0) is 16.6 Å². The molecule has 0 bridgehead atoms. The second-order valence-electron chi connectivity index (χ2n) is 6.29. The van der Waals surface area contributed by atoms with Crippen LogP contribution in [0.3, 0.4) is 0 Å². The van der Waals surface area contributed by atoms with Crippen LogP contribution in [0.15, 0.2) is 77.7 Å². The van der Waals surface area contributed by atoms with Crippen LogP contribution in [0, 0.1) is 13.8 Å². The summed E-state index contributed by atoms with van der Waals surface area (Å²) in [6.07, 6.45) is 0. The van der Waals surface area contributed by atoms with Crippen molar-refractivity contribution in [2.75, 3.05) is 10.0 Å². The molecule has 0 aliphatic carbocycles. The molecule has 5 heteroatoms. The first kappa shape index (κ1) is 18.0. The molecule has 0 heterocycles. The molecule has 4 nitrogen and oxygen atoms in total. The highest BCUT2D eigenvalue weighted by Gasteiger charge is 2.17. The predicted molar refractivity (Wildman–Crippen MR) is 107 cm³/mol. The molecule has 2 N–H and O–H groups in total. The van der Waals surface area contributed by atoms with Gasteiger partial charge in [0.1, 0.15) is 0 Å². The average Bonchev–Trinajstić information content (AvgIpc) is 2.64. The highest BCUT2D eigenvalue weighted by Crippen LogP contribution is 2.22. The molecule has 0 aliphatic heterocycles. The Morgan fingerprint density at radius 2 is 1.46 bits per heavy atom. The first-order chi connectivity index (χ1) is 12.4. The summed E-state index contributed by atoms with van der Waals surface area (Å²) in [4.78, 5) is 0.309. The number of nitrogens with one attached hydrogen (secondary N) is 2. The largest absolute Gasteiger partial charge is 0.381 e. The molecular weight excluding hydrogens is 344 g/mol. The maximum absolute atomic E-state index is 12.6. The van der Waals surface area contributed by atoms with Gasteiger partial charge in [0, 0.05) is 17.9 Å². The number of hydrogen-bond acceptors (Lipinski definition) is 3. The van der Waals surface area contributed by atoms with E-state index in [4.69, 9.17) is 0 Å². The topological polar surface area (TPSA) is 58.2 Å². The van der Waals surface area contributed by atoms with E-state index in [1.807, 2.05) is 49.4 Å². The fourth-order valence-corrected chi connectivity index (χ4v) is 4.05. The van der Waals surface area contributed by atoms with Crippen molar-refractivity contribution in [3.8, 4) is 0 Å².